The lowest BCUT2D eigenvalue weighted by atomic mass is 9.99. The Hall–Kier alpha value is -0.925. The van der Waals surface area contributed by atoms with Crippen LogP contribution >= 0.6 is 0 Å². The van der Waals surface area contributed by atoms with E-state index in [1.165, 1.54) is 0 Å². The Labute approximate surface area is 74.1 Å². The first-order chi connectivity index (χ1) is 5.70. The average Bonchev–Trinajstić information content (AvgIpc) is 2.29. The van der Waals surface area contributed by atoms with Crippen molar-refractivity contribution in [3.63, 3.8) is 0 Å². The minimum absolute atomic E-state index is 0.502. The molecule has 0 atom stereocenters. The van der Waals surface area contributed by atoms with Gasteiger partial charge in [0.25, 0.3) is 0 Å². The highest BCUT2D eigenvalue weighted by Crippen LogP contribution is 2.19. The molecule has 3 nitrogen and oxygen atoms in total. The first-order valence-electron chi connectivity index (χ1n) is 4.06. The molecule has 0 bridgehead atoms. The predicted octanol–water partition coefficient (Wildman–Crippen LogP) is 0.796. The van der Waals surface area contributed by atoms with Gasteiger partial charge in [-0.2, -0.15) is 0 Å². The van der Waals surface area contributed by atoms with E-state index in [0.717, 1.165) is 11.3 Å². The normalized spacial score (nSPS) is 10.2. The Morgan fingerprint density at radius 3 is 2.67 bits per heavy atom. The minimum Gasteiger partial charge on any atom is -0.477 e. The van der Waals surface area contributed by atoms with Crippen molar-refractivity contribution in [1.29, 1.82) is 0 Å². The molecule has 0 unspecified atom stereocenters. The van der Waals surface area contributed by atoms with Gasteiger partial charge < -0.3 is 4.74 Å². The van der Waals surface area contributed by atoms with Crippen LogP contribution in [0.2, 0.25) is 0 Å². The molecule has 1 heterocycles. The zero-order valence-corrected chi connectivity index (χ0v) is 7.79. The van der Waals surface area contributed by atoms with Crippen LogP contribution in [0.25, 0.3) is 0 Å². The third-order valence-corrected chi connectivity index (χ3v) is 1.86. The summed E-state index contributed by atoms with van der Waals surface area (Å²) in [4.78, 5) is 0. The van der Waals surface area contributed by atoms with Crippen LogP contribution in [0.1, 0.15) is 18.2 Å². The van der Waals surface area contributed by atoms with Crippen LogP contribution in [0.15, 0.2) is 0 Å². The van der Waals surface area contributed by atoms with Gasteiger partial charge in [0.05, 0.1) is 14.5 Å². The van der Waals surface area contributed by atoms with Crippen LogP contribution in [0.4, 0.5) is 0 Å². The third-order valence-electron chi connectivity index (χ3n) is 1.86. The van der Waals surface area contributed by atoms with Crippen LogP contribution in [0.3, 0.4) is 0 Å². The topological polar surface area (TPSA) is 27.1 Å². The molecule has 0 aliphatic carbocycles. The Morgan fingerprint density at radius 2 is 2.25 bits per heavy atom. The zero-order valence-electron chi connectivity index (χ0n) is 7.79. The molecule has 2 radical (unpaired) electrons. The molecule has 12 heavy (non-hydrogen) atoms. The monoisotopic (exact) mass is 164 g/mol. The van der Waals surface area contributed by atoms with Crippen molar-refractivity contribution < 1.29 is 4.74 Å². The molecule has 0 aliphatic rings. The van der Waals surface area contributed by atoms with Crippen LogP contribution in [0, 0.1) is 6.92 Å². The van der Waals surface area contributed by atoms with E-state index in [4.69, 9.17) is 12.6 Å². The summed E-state index contributed by atoms with van der Waals surface area (Å²) in [6.07, 6.45) is 0.502. The lowest BCUT2D eigenvalue weighted by molar-refractivity contribution is 0.321. The maximum atomic E-state index is 5.54. The van der Waals surface area contributed by atoms with Gasteiger partial charge >= 0.3 is 0 Å². The van der Waals surface area contributed by atoms with Crippen LogP contribution in [-0.2, 0) is 13.4 Å². The van der Waals surface area contributed by atoms with Crippen molar-refractivity contribution in [2.75, 3.05) is 6.61 Å². The molecule has 1 rings (SSSR count). The molecule has 0 aliphatic heterocycles. The molecule has 4 heteroatoms. The van der Waals surface area contributed by atoms with Gasteiger partial charge in [0.1, 0.15) is 0 Å². The number of hydrogen-bond donors (Lipinski definition) is 0. The van der Waals surface area contributed by atoms with Crippen molar-refractivity contribution in [2.45, 2.75) is 20.2 Å². The quantitative estimate of drug-likeness (QED) is 0.617. The average molecular weight is 164 g/mol. The van der Waals surface area contributed by atoms with E-state index < -0.39 is 0 Å². The fraction of sp³-hybridized carbons (Fsp3) is 0.625. The van der Waals surface area contributed by atoms with Gasteiger partial charge in [-0.1, -0.05) is 0 Å². The molecule has 64 valence electrons. The SMILES string of the molecule is [B]Cc1c(C)c(OCC)nn1C. The van der Waals surface area contributed by atoms with Crippen molar-refractivity contribution in [3.05, 3.63) is 11.3 Å². The Morgan fingerprint density at radius 1 is 1.58 bits per heavy atom. The third kappa shape index (κ3) is 1.47. The molecule has 0 fully saturated rings. The first-order valence-corrected chi connectivity index (χ1v) is 4.06. The lowest BCUT2D eigenvalue weighted by Gasteiger charge is -1.98. The summed E-state index contributed by atoms with van der Waals surface area (Å²) in [5.41, 5.74) is 2.07. The Balaban J connectivity index is 3.00. The second-order valence-electron chi connectivity index (χ2n) is 2.64. The van der Waals surface area contributed by atoms with Crippen LogP contribution in [0.5, 0.6) is 5.88 Å². The van der Waals surface area contributed by atoms with Crippen molar-refractivity contribution >= 4 is 7.85 Å². The van der Waals surface area contributed by atoms with E-state index in [2.05, 4.69) is 5.10 Å². The van der Waals surface area contributed by atoms with Gasteiger partial charge in [0.15, 0.2) is 0 Å². The fourth-order valence-electron chi connectivity index (χ4n) is 1.20. The van der Waals surface area contributed by atoms with Gasteiger partial charge in [-0.15, -0.1) is 5.10 Å². The molecule has 0 saturated carbocycles. The number of rotatable bonds is 3. The maximum absolute atomic E-state index is 5.54. The molecule has 1 aromatic rings. The van der Waals surface area contributed by atoms with Gasteiger partial charge in [-0.25, -0.2) is 0 Å². The van der Waals surface area contributed by atoms with E-state index >= 15 is 0 Å². The summed E-state index contributed by atoms with van der Waals surface area (Å²) in [6, 6.07) is 0. The van der Waals surface area contributed by atoms with E-state index in [-0.39, 0.29) is 0 Å². The molecule has 0 N–H and O–H groups in total. The molecule has 0 saturated heterocycles. The summed E-state index contributed by atoms with van der Waals surface area (Å²) in [6.45, 7) is 4.55. The second-order valence-corrected chi connectivity index (χ2v) is 2.64. The van der Waals surface area contributed by atoms with Crippen LogP contribution < -0.4 is 4.74 Å². The number of aromatic nitrogens is 2. The van der Waals surface area contributed by atoms with Gasteiger partial charge in [0.2, 0.25) is 5.88 Å². The summed E-state index contributed by atoms with van der Waals surface area (Å²) < 4.78 is 7.08. The number of nitrogens with zero attached hydrogens (tertiary/aromatic N) is 2. The van der Waals surface area contributed by atoms with E-state index in [0.29, 0.717) is 18.8 Å². The summed E-state index contributed by atoms with van der Waals surface area (Å²) in [5.74, 6) is 0.695. The second kappa shape index (κ2) is 3.65. The molecule has 0 aromatic carbocycles. The standard InChI is InChI=1S/C8H13BN2O/c1-4-12-8-6(2)7(5-9)11(3)10-8/h4-5H2,1-3H3. The molecule has 1 aromatic heterocycles. The predicted molar refractivity (Wildman–Crippen MR) is 48.6 cm³/mol. The smallest absolute Gasteiger partial charge is 0.235 e. The zero-order chi connectivity index (χ0) is 9.14. The van der Waals surface area contributed by atoms with Gasteiger partial charge in [-0.05, 0) is 20.2 Å². The fourth-order valence-corrected chi connectivity index (χ4v) is 1.20. The Kier molecular flexibility index (Phi) is 2.79. The van der Waals surface area contributed by atoms with Crippen molar-refractivity contribution in [1.82, 2.24) is 9.78 Å². The van der Waals surface area contributed by atoms with Crippen molar-refractivity contribution in [2.24, 2.45) is 7.05 Å². The maximum Gasteiger partial charge on any atom is 0.235 e. The highest BCUT2D eigenvalue weighted by atomic mass is 16.5. The molecule has 0 spiro atoms. The molecule has 0 amide bonds. The Bertz CT molecular complexity index is 270. The summed E-state index contributed by atoms with van der Waals surface area (Å²) in [5, 5.41) is 4.19. The summed E-state index contributed by atoms with van der Waals surface area (Å²) in [7, 11) is 7.42. The van der Waals surface area contributed by atoms with E-state index in [9.17, 15) is 0 Å². The largest absolute Gasteiger partial charge is 0.477 e. The number of hydrogen-bond acceptors (Lipinski definition) is 2. The van der Waals surface area contributed by atoms with Gasteiger partial charge in [-0.3, -0.25) is 4.68 Å². The highest BCUT2D eigenvalue weighted by molar-refractivity contribution is 6.08. The van der Waals surface area contributed by atoms with Crippen molar-refractivity contribution in [3.8, 4) is 5.88 Å². The van der Waals surface area contributed by atoms with E-state index in [1.807, 2.05) is 20.9 Å². The van der Waals surface area contributed by atoms with Gasteiger partial charge in [0, 0.05) is 18.3 Å². The minimum atomic E-state index is 0.502. The molecular formula is C8H13BN2O. The lowest BCUT2D eigenvalue weighted by Crippen LogP contribution is -1.98. The number of ether oxygens (including phenoxy) is 1. The molecular weight excluding hydrogens is 151 g/mol. The van der Waals surface area contributed by atoms with E-state index in [1.54, 1.807) is 4.68 Å². The summed E-state index contributed by atoms with van der Waals surface area (Å²) >= 11 is 0. The highest BCUT2D eigenvalue weighted by Gasteiger charge is 2.10. The van der Waals surface area contributed by atoms with Crippen LogP contribution in [-0.4, -0.2) is 24.2 Å². The first kappa shape index (κ1) is 9.17. The number of aryl methyl sites for hydroxylation is 1.